The average Bonchev–Trinajstić information content (AvgIpc) is 2.21. The van der Waals surface area contributed by atoms with E-state index in [-0.39, 0.29) is 5.43 Å². The maximum absolute atomic E-state index is 11.3. The molecule has 2 N–H and O–H groups in total. The highest BCUT2D eigenvalue weighted by atomic mass is 79.9. The van der Waals surface area contributed by atoms with Gasteiger partial charge in [0.2, 0.25) is 5.43 Å². The number of aromatic nitrogens is 1. The molecule has 1 heterocycles. The second kappa shape index (κ2) is 5.95. The van der Waals surface area contributed by atoms with Crippen molar-refractivity contribution in [3.63, 3.8) is 0 Å². The molecule has 1 rings (SSSR count). The lowest BCUT2D eigenvalue weighted by Gasteiger charge is -2.07. The van der Waals surface area contributed by atoms with Crippen LogP contribution in [0.4, 0.5) is 5.69 Å². The molecule has 3 nitrogen and oxygen atoms in total. The van der Waals surface area contributed by atoms with Gasteiger partial charge in [-0.3, -0.25) is 4.79 Å². The first-order valence-corrected chi connectivity index (χ1v) is 6.09. The number of halogens is 1. The molecule has 1 aromatic heterocycles. The van der Waals surface area contributed by atoms with Crippen LogP contribution in [0.15, 0.2) is 21.7 Å². The maximum Gasteiger partial charge on any atom is 0.218 e. The van der Waals surface area contributed by atoms with E-state index >= 15 is 0 Å². The van der Waals surface area contributed by atoms with E-state index in [2.05, 4.69) is 22.9 Å². The monoisotopic (exact) mass is 272 g/mol. The minimum absolute atomic E-state index is 0.125. The first-order valence-electron chi connectivity index (χ1n) is 5.30. The minimum Gasteiger partial charge on any atom is -0.394 e. The first kappa shape index (κ1) is 12.3. The number of hydrogen-bond acceptors (Lipinski definition) is 2. The number of unbranched alkanes of at least 4 members (excludes halogenated alkanes) is 3. The number of hydrogen-bond donors (Lipinski definition) is 1. The van der Waals surface area contributed by atoms with Gasteiger partial charge in [-0.05, 0) is 22.4 Å². The molecule has 0 radical (unpaired) electrons. The van der Waals surface area contributed by atoms with E-state index in [0.717, 1.165) is 13.0 Å². The zero-order valence-corrected chi connectivity index (χ0v) is 10.6. The molecule has 0 unspecified atom stereocenters. The molecule has 0 spiro atoms. The molecule has 0 saturated heterocycles. The first-order chi connectivity index (χ1) is 7.15. The van der Waals surface area contributed by atoms with Crippen LogP contribution >= 0.6 is 15.9 Å². The third-order valence-electron chi connectivity index (χ3n) is 2.33. The van der Waals surface area contributed by atoms with Gasteiger partial charge < -0.3 is 10.3 Å². The number of nitrogen functional groups attached to an aromatic ring is 1. The minimum atomic E-state index is -0.125. The highest BCUT2D eigenvalue weighted by Crippen LogP contribution is 2.08. The second-order valence-electron chi connectivity index (χ2n) is 3.69. The molecular formula is C11H17BrN2O. The number of nitrogens with two attached hydrogens (primary N) is 1. The largest absolute Gasteiger partial charge is 0.394 e. The number of aryl methyl sites for hydroxylation is 1. The van der Waals surface area contributed by atoms with Crippen LogP contribution in [0.25, 0.3) is 0 Å². The predicted molar refractivity (Wildman–Crippen MR) is 67.0 cm³/mol. The Morgan fingerprint density at radius 2 is 2.07 bits per heavy atom. The molecule has 15 heavy (non-hydrogen) atoms. The van der Waals surface area contributed by atoms with Crippen molar-refractivity contribution in [3.05, 3.63) is 27.1 Å². The predicted octanol–water partition coefficient (Wildman–Crippen LogP) is 2.77. The Morgan fingerprint density at radius 3 is 2.67 bits per heavy atom. The maximum atomic E-state index is 11.3. The standard InChI is InChI=1S/C11H17BrN2O/c1-2-3-4-5-6-14-7-9(12)11(15)10(13)8-14/h7-8H,2-6,13H2,1H3. The Morgan fingerprint density at radius 1 is 1.33 bits per heavy atom. The summed E-state index contributed by atoms with van der Waals surface area (Å²) in [4.78, 5) is 11.3. The van der Waals surface area contributed by atoms with Gasteiger partial charge in [0, 0.05) is 18.9 Å². The highest BCUT2D eigenvalue weighted by Gasteiger charge is 2.01. The van der Waals surface area contributed by atoms with Crippen LogP contribution in [-0.4, -0.2) is 4.57 Å². The van der Waals surface area contributed by atoms with Gasteiger partial charge in [0.1, 0.15) is 0 Å². The van der Waals surface area contributed by atoms with Crippen molar-refractivity contribution in [2.75, 3.05) is 5.73 Å². The van der Waals surface area contributed by atoms with E-state index in [1.165, 1.54) is 19.3 Å². The summed E-state index contributed by atoms with van der Waals surface area (Å²) >= 11 is 3.21. The van der Waals surface area contributed by atoms with Gasteiger partial charge in [0.05, 0.1) is 10.2 Å². The highest BCUT2D eigenvalue weighted by molar-refractivity contribution is 9.10. The molecule has 4 heteroatoms. The van der Waals surface area contributed by atoms with Gasteiger partial charge in [-0.1, -0.05) is 26.2 Å². The normalized spacial score (nSPS) is 10.5. The Kier molecular flexibility index (Phi) is 4.88. The van der Waals surface area contributed by atoms with Crippen LogP contribution in [0.2, 0.25) is 0 Å². The Labute approximate surface area is 98.4 Å². The molecule has 0 aliphatic carbocycles. The summed E-state index contributed by atoms with van der Waals surface area (Å²) in [5.74, 6) is 0. The van der Waals surface area contributed by atoms with Crippen LogP contribution < -0.4 is 11.2 Å². The van der Waals surface area contributed by atoms with Crippen molar-refractivity contribution in [2.45, 2.75) is 39.2 Å². The van der Waals surface area contributed by atoms with Gasteiger partial charge in [-0.25, -0.2) is 0 Å². The fourth-order valence-corrected chi connectivity index (χ4v) is 1.96. The van der Waals surface area contributed by atoms with Gasteiger partial charge in [0.25, 0.3) is 0 Å². The van der Waals surface area contributed by atoms with Crippen LogP contribution in [0.1, 0.15) is 32.6 Å². The van der Waals surface area contributed by atoms with E-state index in [1.807, 2.05) is 4.57 Å². The van der Waals surface area contributed by atoms with E-state index in [1.54, 1.807) is 12.4 Å². The fraction of sp³-hybridized carbons (Fsp3) is 0.545. The zero-order chi connectivity index (χ0) is 11.3. The van der Waals surface area contributed by atoms with Crippen molar-refractivity contribution in [2.24, 2.45) is 0 Å². The van der Waals surface area contributed by atoms with Gasteiger partial charge >= 0.3 is 0 Å². The van der Waals surface area contributed by atoms with Crippen molar-refractivity contribution >= 4 is 21.6 Å². The molecule has 0 aliphatic heterocycles. The SMILES string of the molecule is CCCCCCn1cc(N)c(=O)c(Br)c1. The van der Waals surface area contributed by atoms with E-state index < -0.39 is 0 Å². The van der Waals surface area contributed by atoms with Crippen LogP contribution in [-0.2, 0) is 6.54 Å². The van der Waals surface area contributed by atoms with E-state index in [9.17, 15) is 4.79 Å². The molecule has 0 fully saturated rings. The molecular weight excluding hydrogens is 256 g/mol. The number of pyridine rings is 1. The lowest BCUT2D eigenvalue weighted by Crippen LogP contribution is -2.13. The van der Waals surface area contributed by atoms with E-state index in [0.29, 0.717) is 10.2 Å². The lowest BCUT2D eigenvalue weighted by atomic mass is 10.2. The Balaban J connectivity index is 2.59. The smallest absolute Gasteiger partial charge is 0.218 e. The average molecular weight is 273 g/mol. The number of anilines is 1. The summed E-state index contributed by atoms with van der Waals surface area (Å²) in [6.45, 7) is 3.11. The number of rotatable bonds is 5. The third-order valence-corrected chi connectivity index (χ3v) is 2.90. The molecule has 0 saturated carbocycles. The Bertz CT molecular complexity index is 347. The molecule has 0 amide bonds. The zero-order valence-electron chi connectivity index (χ0n) is 9.00. The van der Waals surface area contributed by atoms with Crippen LogP contribution in [0.3, 0.4) is 0 Å². The van der Waals surface area contributed by atoms with Crippen LogP contribution in [0, 0.1) is 0 Å². The number of nitrogens with zero attached hydrogens (tertiary/aromatic N) is 1. The van der Waals surface area contributed by atoms with Crippen molar-refractivity contribution in [3.8, 4) is 0 Å². The summed E-state index contributed by atoms with van der Waals surface area (Å²) in [5, 5.41) is 0. The van der Waals surface area contributed by atoms with Crippen molar-refractivity contribution in [1.29, 1.82) is 0 Å². The summed E-state index contributed by atoms with van der Waals surface area (Å²) in [7, 11) is 0. The Hall–Kier alpha value is -0.770. The topological polar surface area (TPSA) is 48.0 Å². The van der Waals surface area contributed by atoms with Gasteiger partial charge in [-0.15, -0.1) is 0 Å². The summed E-state index contributed by atoms with van der Waals surface area (Å²) in [5.41, 5.74) is 5.77. The van der Waals surface area contributed by atoms with Crippen LogP contribution in [0.5, 0.6) is 0 Å². The molecule has 0 bridgehead atoms. The molecule has 0 aromatic carbocycles. The van der Waals surface area contributed by atoms with Crippen molar-refractivity contribution < 1.29 is 0 Å². The summed E-state index contributed by atoms with van der Waals surface area (Å²) in [6.07, 6.45) is 8.35. The van der Waals surface area contributed by atoms with Crippen molar-refractivity contribution in [1.82, 2.24) is 4.57 Å². The summed E-state index contributed by atoms with van der Waals surface area (Å²) in [6, 6.07) is 0. The van der Waals surface area contributed by atoms with Gasteiger partial charge in [-0.2, -0.15) is 0 Å². The summed E-state index contributed by atoms with van der Waals surface area (Å²) < 4.78 is 2.51. The molecule has 1 aromatic rings. The molecule has 0 atom stereocenters. The third kappa shape index (κ3) is 3.70. The fourth-order valence-electron chi connectivity index (χ4n) is 1.47. The lowest BCUT2D eigenvalue weighted by molar-refractivity contribution is 0.580. The quantitative estimate of drug-likeness (QED) is 0.838. The molecule has 0 aliphatic rings. The molecule has 84 valence electrons. The second-order valence-corrected chi connectivity index (χ2v) is 4.54. The van der Waals surface area contributed by atoms with E-state index in [4.69, 9.17) is 5.73 Å². The van der Waals surface area contributed by atoms with Gasteiger partial charge in [0.15, 0.2) is 0 Å².